The molecule has 4 heteroatoms. The van der Waals surface area contributed by atoms with Crippen LogP contribution in [-0.4, -0.2) is 29.4 Å². The largest absolute Gasteiger partial charge is 0.392 e. The van der Waals surface area contributed by atoms with E-state index in [0.29, 0.717) is 0 Å². The summed E-state index contributed by atoms with van der Waals surface area (Å²) in [5, 5.41) is 11.3. The topological polar surface area (TPSA) is 66.4 Å². The average Bonchev–Trinajstić information content (AvgIpc) is 2.45. The monoisotopic (exact) mass is 197 g/mol. The number of ketones is 1. The van der Waals surface area contributed by atoms with Gasteiger partial charge in [-0.15, -0.1) is 0 Å². The summed E-state index contributed by atoms with van der Waals surface area (Å²) in [6.07, 6.45) is 2.10. The molecule has 2 N–H and O–H groups in total. The van der Waals surface area contributed by atoms with Gasteiger partial charge in [-0.05, 0) is 12.0 Å². The second-order valence-corrected chi connectivity index (χ2v) is 3.50. The Bertz CT molecular complexity index is 283. The Balaban J connectivity index is 2.84. The van der Waals surface area contributed by atoms with Crippen LogP contribution in [0.2, 0.25) is 0 Å². The molecule has 0 aliphatic carbocycles. The molecule has 2 atom stereocenters. The second kappa shape index (κ2) is 4.37. The fourth-order valence-corrected chi connectivity index (χ4v) is 1.48. The van der Waals surface area contributed by atoms with Crippen LogP contribution in [0.25, 0.3) is 0 Å². The number of rotatable bonds is 3. The molecule has 1 fully saturated rings. The molecule has 1 saturated heterocycles. The van der Waals surface area contributed by atoms with E-state index >= 15 is 0 Å². The van der Waals surface area contributed by atoms with Gasteiger partial charge in [0.1, 0.15) is 0 Å². The van der Waals surface area contributed by atoms with E-state index in [1.165, 1.54) is 6.08 Å². The number of aliphatic hydroxyl groups is 1. The predicted octanol–water partition coefficient (Wildman–Crippen LogP) is 0.0187. The summed E-state index contributed by atoms with van der Waals surface area (Å²) in [6.45, 7) is 3.62. The van der Waals surface area contributed by atoms with Gasteiger partial charge in [0.15, 0.2) is 5.78 Å². The smallest absolute Gasteiger partial charge is 0.255 e. The lowest BCUT2D eigenvalue weighted by Crippen LogP contribution is -2.35. The Kier molecular flexibility index (Phi) is 3.41. The summed E-state index contributed by atoms with van der Waals surface area (Å²) in [5.41, 5.74) is 0.0952. The van der Waals surface area contributed by atoms with Crippen molar-refractivity contribution in [1.29, 1.82) is 0 Å². The lowest BCUT2D eigenvalue weighted by atomic mass is 9.95. The lowest BCUT2D eigenvalue weighted by molar-refractivity contribution is -0.117. The van der Waals surface area contributed by atoms with Gasteiger partial charge in [0.05, 0.1) is 18.2 Å². The third kappa shape index (κ3) is 1.85. The van der Waals surface area contributed by atoms with Crippen LogP contribution in [0.4, 0.5) is 0 Å². The first kappa shape index (κ1) is 10.9. The minimum absolute atomic E-state index is 0.0952. The van der Waals surface area contributed by atoms with Crippen molar-refractivity contribution in [3.8, 4) is 0 Å². The number of hydrogen-bond acceptors (Lipinski definition) is 3. The highest BCUT2D eigenvalue weighted by molar-refractivity contribution is 6.26. The van der Waals surface area contributed by atoms with Crippen LogP contribution in [0.5, 0.6) is 0 Å². The van der Waals surface area contributed by atoms with Crippen LogP contribution in [0.3, 0.4) is 0 Å². The van der Waals surface area contributed by atoms with Gasteiger partial charge >= 0.3 is 0 Å². The fourth-order valence-electron chi connectivity index (χ4n) is 1.48. The second-order valence-electron chi connectivity index (χ2n) is 3.50. The maximum absolute atomic E-state index is 11.6. The average molecular weight is 197 g/mol. The third-order valence-electron chi connectivity index (χ3n) is 2.59. The zero-order chi connectivity index (χ0) is 10.7. The summed E-state index contributed by atoms with van der Waals surface area (Å²) in [7, 11) is 0. The van der Waals surface area contributed by atoms with Crippen LogP contribution in [0.15, 0.2) is 11.6 Å². The van der Waals surface area contributed by atoms with E-state index in [2.05, 4.69) is 5.32 Å². The van der Waals surface area contributed by atoms with Crippen LogP contribution < -0.4 is 5.32 Å². The quantitative estimate of drug-likeness (QED) is 0.495. The molecule has 0 spiro atoms. The molecule has 2 unspecified atom stereocenters. The van der Waals surface area contributed by atoms with Gasteiger partial charge in [0.2, 0.25) is 0 Å². The van der Waals surface area contributed by atoms with Crippen molar-refractivity contribution < 1.29 is 14.7 Å². The first-order valence-corrected chi connectivity index (χ1v) is 4.77. The summed E-state index contributed by atoms with van der Waals surface area (Å²) in [5.74, 6) is -0.427. The van der Waals surface area contributed by atoms with E-state index in [-0.39, 0.29) is 29.8 Å². The first-order valence-electron chi connectivity index (χ1n) is 4.77. The van der Waals surface area contributed by atoms with Gasteiger partial charge in [-0.2, -0.15) is 0 Å². The molecule has 0 saturated carbocycles. The summed E-state index contributed by atoms with van der Waals surface area (Å²) >= 11 is 0. The summed E-state index contributed by atoms with van der Waals surface area (Å²) in [6, 6.07) is -0.412. The number of amides is 1. The Morgan fingerprint density at radius 1 is 1.57 bits per heavy atom. The normalized spacial score (nSPS) is 26.8. The van der Waals surface area contributed by atoms with Crippen LogP contribution >= 0.6 is 0 Å². The van der Waals surface area contributed by atoms with Gasteiger partial charge in [-0.25, -0.2) is 0 Å². The van der Waals surface area contributed by atoms with Crippen molar-refractivity contribution in [2.45, 2.75) is 26.3 Å². The van der Waals surface area contributed by atoms with Crippen molar-refractivity contribution in [3.05, 3.63) is 11.6 Å². The van der Waals surface area contributed by atoms with Crippen molar-refractivity contribution in [2.24, 2.45) is 5.92 Å². The van der Waals surface area contributed by atoms with Gasteiger partial charge < -0.3 is 10.4 Å². The van der Waals surface area contributed by atoms with Gasteiger partial charge in [0.25, 0.3) is 5.91 Å². The maximum atomic E-state index is 11.6. The molecular formula is C10H15NO3. The molecule has 14 heavy (non-hydrogen) atoms. The number of carbonyl (C=O) groups excluding carboxylic acids is 2. The number of aliphatic hydroxyl groups excluding tert-OH is 1. The van der Waals surface area contributed by atoms with E-state index in [1.807, 2.05) is 13.8 Å². The molecule has 1 amide bonds. The minimum Gasteiger partial charge on any atom is -0.392 e. The van der Waals surface area contributed by atoms with Crippen molar-refractivity contribution in [1.82, 2.24) is 5.32 Å². The first-order chi connectivity index (χ1) is 6.61. The highest BCUT2D eigenvalue weighted by Crippen LogP contribution is 2.18. The van der Waals surface area contributed by atoms with Crippen LogP contribution in [0.1, 0.15) is 20.3 Å². The van der Waals surface area contributed by atoms with Crippen molar-refractivity contribution in [2.75, 3.05) is 6.61 Å². The molecule has 0 aromatic heterocycles. The van der Waals surface area contributed by atoms with E-state index < -0.39 is 6.04 Å². The van der Waals surface area contributed by atoms with E-state index in [0.717, 1.165) is 6.42 Å². The Morgan fingerprint density at radius 2 is 2.21 bits per heavy atom. The summed E-state index contributed by atoms with van der Waals surface area (Å²) < 4.78 is 0. The van der Waals surface area contributed by atoms with Crippen molar-refractivity contribution in [3.63, 3.8) is 0 Å². The number of Topliss-reactive ketones (excluding diaryl/α,β-unsaturated/α-hetero) is 1. The molecule has 1 heterocycles. The molecule has 0 aromatic carbocycles. The number of hydrogen-bond donors (Lipinski definition) is 2. The zero-order valence-corrected chi connectivity index (χ0v) is 8.41. The van der Waals surface area contributed by atoms with E-state index in [1.54, 1.807) is 0 Å². The molecule has 1 rings (SSSR count). The molecule has 0 radical (unpaired) electrons. The SMILES string of the molecule is CCC(C)C1NC(=O)/C(=C\CO)C1=O. The Hall–Kier alpha value is -1.16. The van der Waals surface area contributed by atoms with E-state index in [4.69, 9.17) is 5.11 Å². The Morgan fingerprint density at radius 3 is 2.71 bits per heavy atom. The molecule has 0 bridgehead atoms. The predicted molar refractivity (Wildman–Crippen MR) is 51.6 cm³/mol. The molecule has 78 valence electrons. The third-order valence-corrected chi connectivity index (χ3v) is 2.59. The highest BCUT2D eigenvalue weighted by atomic mass is 16.2. The number of carbonyl (C=O) groups is 2. The van der Waals surface area contributed by atoms with Crippen LogP contribution in [0, 0.1) is 5.92 Å². The highest BCUT2D eigenvalue weighted by Gasteiger charge is 2.37. The molecule has 4 nitrogen and oxygen atoms in total. The van der Waals surface area contributed by atoms with Crippen LogP contribution in [-0.2, 0) is 9.59 Å². The molecular weight excluding hydrogens is 182 g/mol. The summed E-state index contributed by atoms with van der Waals surface area (Å²) in [4.78, 5) is 22.9. The standard InChI is InChI=1S/C10H15NO3/c1-3-6(2)8-9(13)7(4-5-12)10(14)11-8/h4,6,8,12H,3,5H2,1-2H3,(H,11,14)/b7-4-. The maximum Gasteiger partial charge on any atom is 0.255 e. The lowest BCUT2D eigenvalue weighted by Gasteiger charge is -2.14. The van der Waals surface area contributed by atoms with Crippen molar-refractivity contribution >= 4 is 11.7 Å². The molecule has 1 aliphatic rings. The molecule has 1 aliphatic heterocycles. The fraction of sp³-hybridized carbons (Fsp3) is 0.600. The van der Waals surface area contributed by atoms with Gasteiger partial charge in [-0.1, -0.05) is 20.3 Å². The number of nitrogens with one attached hydrogen (secondary N) is 1. The Labute approximate surface area is 83.0 Å². The zero-order valence-electron chi connectivity index (χ0n) is 8.41. The van der Waals surface area contributed by atoms with E-state index in [9.17, 15) is 9.59 Å². The minimum atomic E-state index is -0.412. The van der Waals surface area contributed by atoms with Gasteiger partial charge in [0, 0.05) is 0 Å². The van der Waals surface area contributed by atoms with Gasteiger partial charge in [-0.3, -0.25) is 9.59 Å². The molecule has 0 aromatic rings.